The van der Waals surface area contributed by atoms with Crippen molar-refractivity contribution in [2.75, 3.05) is 0 Å². The van der Waals surface area contributed by atoms with E-state index < -0.39 is 0 Å². The molecule has 17 heavy (non-hydrogen) atoms. The minimum atomic E-state index is -0.0647. The zero-order valence-electron chi connectivity index (χ0n) is 10.2. The number of pyridine rings is 1. The lowest BCUT2D eigenvalue weighted by Crippen LogP contribution is -2.19. The van der Waals surface area contributed by atoms with Gasteiger partial charge in [-0.2, -0.15) is 0 Å². The Morgan fingerprint density at radius 1 is 1.47 bits per heavy atom. The number of hydrogen-bond donors (Lipinski definition) is 0. The summed E-state index contributed by atoms with van der Waals surface area (Å²) in [6, 6.07) is 2.63. The van der Waals surface area contributed by atoms with E-state index in [1.165, 1.54) is 19.3 Å². The van der Waals surface area contributed by atoms with Gasteiger partial charge >= 0.3 is 0 Å². The van der Waals surface area contributed by atoms with Gasteiger partial charge in [-0.3, -0.25) is 0 Å². The lowest BCUT2D eigenvalue weighted by Gasteiger charge is -2.29. The van der Waals surface area contributed by atoms with E-state index in [0.717, 1.165) is 22.6 Å². The number of halogens is 1. The van der Waals surface area contributed by atoms with Crippen molar-refractivity contribution >= 4 is 22.8 Å². The Hall–Kier alpha value is -1.09. The quantitative estimate of drug-likeness (QED) is 0.759. The van der Waals surface area contributed by atoms with E-state index >= 15 is 0 Å². The molecule has 1 saturated carbocycles. The molecule has 90 valence electrons. The highest BCUT2D eigenvalue weighted by molar-refractivity contribution is 6.20. The highest BCUT2D eigenvalue weighted by Crippen LogP contribution is 2.37. The molecule has 0 amide bonds. The summed E-state index contributed by atoms with van der Waals surface area (Å²) in [5, 5.41) is -0.0647. The molecule has 3 rings (SSSR count). The fourth-order valence-corrected chi connectivity index (χ4v) is 2.54. The normalized spacial score (nSPS) is 18.3. The number of rotatable bonds is 2. The van der Waals surface area contributed by atoms with Crippen LogP contribution in [0.25, 0.3) is 11.2 Å². The Labute approximate surface area is 106 Å². The summed E-state index contributed by atoms with van der Waals surface area (Å²) in [4.78, 5) is 9.17. The third kappa shape index (κ3) is 1.73. The van der Waals surface area contributed by atoms with E-state index in [9.17, 15) is 0 Å². The Kier molecular flexibility index (Phi) is 2.58. The zero-order valence-corrected chi connectivity index (χ0v) is 10.9. The van der Waals surface area contributed by atoms with Crippen LogP contribution in [0.5, 0.6) is 0 Å². The van der Waals surface area contributed by atoms with Gasteiger partial charge in [-0.25, -0.2) is 9.97 Å². The molecule has 0 bridgehead atoms. The molecule has 0 saturated heterocycles. The summed E-state index contributed by atoms with van der Waals surface area (Å²) < 4.78 is 2.25. The van der Waals surface area contributed by atoms with E-state index in [4.69, 9.17) is 11.6 Å². The lowest BCUT2D eigenvalue weighted by atomic mass is 9.92. The molecular weight excluding hydrogens is 234 g/mol. The first-order valence-electron chi connectivity index (χ1n) is 6.15. The molecule has 4 heteroatoms. The van der Waals surface area contributed by atoms with Crippen molar-refractivity contribution in [3.05, 3.63) is 23.7 Å². The monoisotopic (exact) mass is 249 g/mol. The van der Waals surface area contributed by atoms with Crippen molar-refractivity contribution in [3.63, 3.8) is 0 Å². The van der Waals surface area contributed by atoms with Crippen molar-refractivity contribution in [1.29, 1.82) is 0 Å². The minimum Gasteiger partial charge on any atom is -0.308 e. The van der Waals surface area contributed by atoms with Crippen LogP contribution in [0.2, 0.25) is 0 Å². The van der Waals surface area contributed by atoms with Gasteiger partial charge in [0.1, 0.15) is 11.3 Å². The summed E-state index contributed by atoms with van der Waals surface area (Å²) in [5.74, 6) is 0.962. The second-order valence-electron chi connectivity index (χ2n) is 4.90. The van der Waals surface area contributed by atoms with E-state index in [-0.39, 0.29) is 5.38 Å². The summed E-state index contributed by atoms with van der Waals surface area (Å²) in [7, 11) is 0. The number of aryl methyl sites for hydroxylation is 1. The Bertz CT molecular complexity index is 555. The topological polar surface area (TPSA) is 30.7 Å². The predicted molar refractivity (Wildman–Crippen MR) is 69.4 cm³/mol. The molecular formula is C13H16ClN3. The van der Waals surface area contributed by atoms with Crippen LogP contribution in [0.3, 0.4) is 0 Å². The van der Waals surface area contributed by atoms with Crippen LogP contribution in [0, 0.1) is 6.92 Å². The van der Waals surface area contributed by atoms with Crippen molar-refractivity contribution in [3.8, 4) is 0 Å². The number of alkyl halides is 1. The van der Waals surface area contributed by atoms with E-state index in [2.05, 4.69) is 20.6 Å². The molecule has 1 fully saturated rings. The molecule has 1 aliphatic carbocycles. The van der Waals surface area contributed by atoms with Gasteiger partial charge in [0.2, 0.25) is 0 Å². The van der Waals surface area contributed by atoms with Gasteiger partial charge < -0.3 is 4.57 Å². The molecule has 0 aliphatic heterocycles. The van der Waals surface area contributed by atoms with E-state index in [0.29, 0.717) is 6.04 Å². The smallest absolute Gasteiger partial charge is 0.160 e. The molecule has 2 aromatic rings. The Balaban J connectivity index is 2.23. The highest BCUT2D eigenvalue weighted by Gasteiger charge is 2.26. The molecule has 2 heterocycles. The van der Waals surface area contributed by atoms with Gasteiger partial charge in [-0.05, 0) is 44.7 Å². The van der Waals surface area contributed by atoms with Crippen molar-refractivity contribution in [2.45, 2.75) is 44.5 Å². The first-order chi connectivity index (χ1) is 8.16. The van der Waals surface area contributed by atoms with Gasteiger partial charge in [0.25, 0.3) is 0 Å². The van der Waals surface area contributed by atoms with E-state index in [1.54, 1.807) is 0 Å². The number of imidazole rings is 1. The molecule has 0 spiro atoms. The van der Waals surface area contributed by atoms with Crippen LogP contribution >= 0.6 is 11.6 Å². The molecule has 1 unspecified atom stereocenters. The van der Waals surface area contributed by atoms with Crippen molar-refractivity contribution in [2.24, 2.45) is 0 Å². The first-order valence-corrected chi connectivity index (χ1v) is 6.59. The van der Waals surface area contributed by atoms with Crippen LogP contribution in [-0.2, 0) is 0 Å². The van der Waals surface area contributed by atoms with Crippen LogP contribution in [0.4, 0.5) is 0 Å². The van der Waals surface area contributed by atoms with Crippen molar-refractivity contribution < 1.29 is 0 Å². The standard InChI is InChI=1S/C13H16ClN3/c1-8-6-11-13(15-7-8)17(10-4-3-5-10)12(16-11)9(2)14/h6-7,9-10H,3-5H2,1-2H3. The molecule has 1 atom stereocenters. The van der Waals surface area contributed by atoms with Crippen LogP contribution in [0.1, 0.15) is 49.0 Å². The molecule has 1 aliphatic rings. The van der Waals surface area contributed by atoms with Gasteiger partial charge in [-0.1, -0.05) is 0 Å². The second kappa shape index (κ2) is 3.98. The Morgan fingerprint density at radius 3 is 2.82 bits per heavy atom. The fraction of sp³-hybridized carbons (Fsp3) is 0.538. The predicted octanol–water partition coefficient (Wildman–Crippen LogP) is 3.76. The maximum atomic E-state index is 6.23. The molecule has 0 aromatic carbocycles. The average Bonchev–Trinajstić information content (AvgIpc) is 2.54. The summed E-state index contributed by atoms with van der Waals surface area (Å²) in [6.07, 6.45) is 5.64. The van der Waals surface area contributed by atoms with Crippen molar-refractivity contribution in [1.82, 2.24) is 14.5 Å². The third-order valence-electron chi connectivity index (χ3n) is 3.49. The average molecular weight is 250 g/mol. The van der Waals surface area contributed by atoms with Gasteiger partial charge in [-0.15, -0.1) is 11.6 Å². The number of nitrogens with zero attached hydrogens (tertiary/aromatic N) is 3. The molecule has 0 N–H and O–H groups in total. The minimum absolute atomic E-state index is 0.0647. The van der Waals surface area contributed by atoms with Crippen LogP contribution < -0.4 is 0 Å². The molecule has 0 radical (unpaired) electrons. The van der Waals surface area contributed by atoms with Gasteiger partial charge in [0, 0.05) is 12.2 Å². The summed E-state index contributed by atoms with van der Waals surface area (Å²) in [6.45, 7) is 4.02. The van der Waals surface area contributed by atoms with Gasteiger partial charge in [0.15, 0.2) is 5.65 Å². The maximum Gasteiger partial charge on any atom is 0.160 e. The molecule has 2 aromatic heterocycles. The second-order valence-corrected chi connectivity index (χ2v) is 5.55. The SMILES string of the molecule is Cc1cnc2c(c1)nc(C(C)Cl)n2C1CCC1. The fourth-order valence-electron chi connectivity index (χ4n) is 2.39. The van der Waals surface area contributed by atoms with E-state index in [1.807, 2.05) is 20.0 Å². The lowest BCUT2D eigenvalue weighted by molar-refractivity contribution is 0.312. The number of aromatic nitrogens is 3. The Morgan fingerprint density at radius 2 is 2.24 bits per heavy atom. The maximum absolute atomic E-state index is 6.23. The van der Waals surface area contributed by atoms with Crippen LogP contribution in [-0.4, -0.2) is 14.5 Å². The third-order valence-corrected chi connectivity index (χ3v) is 3.68. The first kappa shape index (κ1) is 11.0. The summed E-state index contributed by atoms with van der Waals surface area (Å²) in [5.41, 5.74) is 3.10. The molecule has 3 nitrogen and oxygen atoms in total. The summed E-state index contributed by atoms with van der Waals surface area (Å²) >= 11 is 6.23. The largest absolute Gasteiger partial charge is 0.308 e. The highest BCUT2D eigenvalue weighted by atomic mass is 35.5. The number of fused-ring (bicyclic) bond motifs is 1. The zero-order chi connectivity index (χ0) is 12.0. The van der Waals surface area contributed by atoms with Gasteiger partial charge in [0.05, 0.1) is 5.38 Å². The number of hydrogen-bond acceptors (Lipinski definition) is 2. The van der Waals surface area contributed by atoms with Crippen LogP contribution in [0.15, 0.2) is 12.3 Å².